The number of rotatable bonds is 4. The summed E-state index contributed by atoms with van der Waals surface area (Å²) in [6, 6.07) is 0.317. The molecule has 0 aromatic heterocycles. The molecule has 0 aliphatic heterocycles. The molecule has 0 unspecified atom stereocenters. The Morgan fingerprint density at radius 3 is 2.15 bits per heavy atom. The van der Waals surface area contributed by atoms with Gasteiger partial charge in [-0.2, -0.15) is 17.6 Å². The number of benzene rings is 1. The van der Waals surface area contributed by atoms with Gasteiger partial charge in [-0.1, -0.05) is 8.96 Å². The average molecular weight is 327 g/mol. The maximum Gasteiger partial charge on any atom is 0.422 e. The lowest BCUT2D eigenvalue weighted by Crippen LogP contribution is -2.22. The topological polar surface area (TPSA) is 46.6 Å². The van der Waals surface area contributed by atoms with Crippen molar-refractivity contribution in [1.82, 2.24) is 4.75 Å². The van der Waals surface area contributed by atoms with E-state index in [2.05, 4.69) is 4.74 Å². The van der Waals surface area contributed by atoms with Gasteiger partial charge in [0.05, 0.1) is 0 Å². The standard InChI is InChI=1S/C8H4F7NO3S/c9-4-1-2-5(20(17,18)16(14)15)7(6(4)10)19-3-8(11,12)13/h1-2H,3H2. The summed E-state index contributed by atoms with van der Waals surface area (Å²) in [5.41, 5.74) is 0. The summed E-state index contributed by atoms with van der Waals surface area (Å²) in [5, 5.41) is 0. The summed E-state index contributed by atoms with van der Waals surface area (Å²) in [6.45, 7) is -2.19. The normalized spacial score (nSPS) is 12.8. The van der Waals surface area contributed by atoms with Gasteiger partial charge < -0.3 is 4.74 Å². The molecule has 12 heteroatoms. The Bertz CT molecular complexity index is 599. The van der Waals surface area contributed by atoms with E-state index in [1.165, 1.54) is 0 Å². The van der Waals surface area contributed by atoms with Crippen LogP contribution < -0.4 is 4.74 Å². The fraction of sp³-hybridized carbons (Fsp3) is 0.250. The molecule has 1 rings (SSSR count). The van der Waals surface area contributed by atoms with Crippen LogP contribution >= 0.6 is 0 Å². The highest BCUT2D eigenvalue weighted by atomic mass is 32.2. The third-order valence-electron chi connectivity index (χ3n) is 1.85. The first-order chi connectivity index (χ1) is 8.97. The van der Waals surface area contributed by atoms with Gasteiger partial charge in [0.2, 0.25) is 5.82 Å². The van der Waals surface area contributed by atoms with Crippen LogP contribution in [0.15, 0.2) is 17.0 Å². The van der Waals surface area contributed by atoms with Gasteiger partial charge in [-0.3, -0.25) is 0 Å². The molecule has 0 saturated carbocycles. The maximum atomic E-state index is 13.2. The number of hydrogen-bond donors (Lipinski definition) is 0. The molecular weight excluding hydrogens is 323 g/mol. The number of alkyl halides is 3. The largest absolute Gasteiger partial charge is 0.479 e. The fourth-order valence-electron chi connectivity index (χ4n) is 1.08. The second-order valence-electron chi connectivity index (χ2n) is 3.27. The molecule has 0 N–H and O–H groups in total. The van der Waals surface area contributed by atoms with E-state index in [0.717, 1.165) is 0 Å². The molecule has 114 valence electrons. The SMILES string of the molecule is O=S(=O)(c1ccc(F)c(F)c1OCC(F)(F)F)N(F)F. The van der Waals surface area contributed by atoms with Gasteiger partial charge in [0, 0.05) is 0 Å². The molecular formula is C8H4F7NO3S. The van der Waals surface area contributed by atoms with Crippen molar-refractivity contribution < 1.29 is 44.1 Å². The van der Waals surface area contributed by atoms with Crippen LogP contribution in [0.3, 0.4) is 0 Å². The average Bonchev–Trinajstić information content (AvgIpc) is 2.29. The van der Waals surface area contributed by atoms with E-state index in [0.29, 0.717) is 0 Å². The number of nitrogens with zero attached hydrogens (tertiary/aromatic N) is 1. The van der Waals surface area contributed by atoms with Gasteiger partial charge in [-0.15, -0.1) is 0 Å². The van der Waals surface area contributed by atoms with Gasteiger partial charge in [0.25, 0.3) is 0 Å². The fourth-order valence-corrected chi connectivity index (χ4v) is 1.85. The number of sulfonamides is 1. The molecule has 4 nitrogen and oxygen atoms in total. The molecule has 20 heavy (non-hydrogen) atoms. The quantitative estimate of drug-likeness (QED) is 0.631. The van der Waals surface area contributed by atoms with Crippen molar-refractivity contribution in [2.75, 3.05) is 6.61 Å². The minimum atomic E-state index is -5.61. The predicted octanol–water partition coefficient (Wildman–Crippen LogP) is 2.67. The molecule has 0 atom stereocenters. The van der Waals surface area contributed by atoms with Gasteiger partial charge in [0.1, 0.15) is 9.64 Å². The van der Waals surface area contributed by atoms with Crippen LogP contribution in [0.4, 0.5) is 30.9 Å². The highest BCUT2D eigenvalue weighted by Crippen LogP contribution is 2.32. The zero-order valence-corrected chi connectivity index (χ0v) is 9.90. The molecule has 0 aliphatic carbocycles. The Balaban J connectivity index is 3.36. The molecule has 1 aromatic rings. The van der Waals surface area contributed by atoms with E-state index in [-0.39, 0.29) is 12.1 Å². The first-order valence-corrected chi connectivity index (χ1v) is 5.95. The third kappa shape index (κ3) is 3.50. The van der Waals surface area contributed by atoms with Crippen LogP contribution in [0.2, 0.25) is 0 Å². The summed E-state index contributed by atoms with van der Waals surface area (Å²) in [5.74, 6) is -5.66. The van der Waals surface area contributed by atoms with Crippen LogP contribution in [-0.4, -0.2) is 26.0 Å². The second kappa shape index (κ2) is 5.44. The zero-order chi connectivity index (χ0) is 15.7. The Labute approximate surface area is 107 Å². The molecule has 0 saturated heterocycles. The van der Waals surface area contributed by atoms with E-state index >= 15 is 0 Å². The first kappa shape index (κ1) is 16.5. The van der Waals surface area contributed by atoms with Crippen molar-refractivity contribution in [1.29, 1.82) is 0 Å². The Hall–Kier alpha value is -1.56. The Morgan fingerprint density at radius 2 is 1.70 bits per heavy atom. The number of hydrogen-bond acceptors (Lipinski definition) is 3. The van der Waals surface area contributed by atoms with Crippen LogP contribution in [0.25, 0.3) is 0 Å². The second-order valence-corrected chi connectivity index (χ2v) is 4.94. The van der Waals surface area contributed by atoms with Crippen LogP contribution in [0.1, 0.15) is 0 Å². The summed E-state index contributed by atoms with van der Waals surface area (Å²) < 4.78 is 110. The number of halogens is 7. The van der Waals surface area contributed by atoms with Gasteiger partial charge in [0.15, 0.2) is 18.2 Å². The Morgan fingerprint density at radius 1 is 1.15 bits per heavy atom. The molecule has 1 aromatic carbocycles. The maximum absolute atomic E-state index is 13.2. The molecule has 0 bridgehead atoms. The van der Waals surface area contributed by atoms with Gasteiger partial charge >= 0.3 is 16.2 Å². The van der Waals surface area contributed by atoms with Crippen molar-refractivity contribution in [2.45, 2.75) is 11.1 Å². The van der Waals surface area contributed by atoms with Crippen molar-refractivity contribution in [2.24, 2.45) is 0 Å². The molecule has 0 fully saturated rings. The van der Waals surface area contributed by atoms with Gasteiger partial charge in [-0.05, 0) is 12.1 Å². The molecule has 0 aliphatic rings. The predicted molar refractivity (Wildman–Crippen MR) is 49.1 cm³/mol. The van der Waals surface area contributed by atoms with Crippen molar-refractivity contribution in [3.05, 3.63) is 23.8 Å². The highest BCUT2D eigenvalue weighted by molar-refractivity contribution is 7.89. The summed E-state index contributed by atoms with van der Waals surface area (Å²) in [4.78, 5) is -1.63. The first-order valence-electron chi connectivity index (χ1n) is 4.51. The van der Waals surface area contributed by atoms with Crippen molar-refractivity contribution in [3.8, 4) is 5.75 Å². The smallest absolute Gasteiger partial charge is 0.422 e. The van der Waals surface area contributed by atoms with Gasteiger partial charge in [-0.25, -0.2) is 12.8 Å². The summed E-state index contributed by atoms with van der Waals surface area (Å²) in [7, 11) is -5.61. The molecule has 0 radical (unpaired) electrons. The number of ether oxygens (including phenoxy) is 1. The minimum absolute atomic E-state index is 0.158. The lowest BCUT2D eigenvalue weighted by molar-refractivity contribution is -0.154. The Kier molecular flexibility index (Phi) is 4.49. The zero-order valence-electron chi connectivity index (χ0n) is 9.09. The van der Waals surface area contributed by atoms with E-state index in [1.54, 1.807) is 0 Å². The van der Waals surface area contributed by atoms with Crippen LogP contribution in [0, 0.1) is 11.6 Å². The monoisotopic (exact) mass is 327 g/mol. The lowest BCUT2D eigenvalue weighted by Gasteiger charge is -2.14. The summed E-state index contributed by atoms with van der Waals surface area (Å²) >= 11 is 0. The molecule has 0 spiro atoms. The van der Waals surface area contributed by atoms with E-state index in [1.807, 2.05) is 0 Å². The molecule has 0 amide bonds. The van der Waals surface area contributed by atoms with Crippen LogP contribution in [-0.2, 0) is 10.0 Å². The van der Waals surface area contributed by atoms with E-state index in [4.69, 9.17) is 0 Å². The van der Waals surface area contributed by atoms with E-state index in [9.17, 15) is 39.3 Å². The lowest BCUT2D eigenvalue weighted by atomic mass is 10.3. The van der Waals surface area contributed by atoms with Crippen LogP contribution in [0.5, 0.6) is 5.75 Å². The third-order valence-corrected chi connectivity index (χ3v) is 3.09. The minimum Gasteiger partial charge on any atom is -0.479 e. The van der Waals surface area contributed by atoms with E-state index < -0.39 is 49.8 Å². The van der Waals surface area contributed by atoms with Crippen molar-refractivity contribution in [3.63, 3.8) is 0 Å². The highest BCUT2D eigenvalue weighted by Gasteiger charge is 2.35. The summed E-state index contributed by atoms with van der Waals surface area (Å²) in [6.07, 6.45) is -5.01. The van der Waals surface area contributed by atoms with Crippen molar-refractivity contribution >= 4 is 10.0 Å². The molecule has 0 heterocycles.